The fourth-order valence-corrected chi connectivity index (χ4v) is 2.31. The number of hydrogen-bond acceptors (Lipinski definition) is 3. The summed E-state index contributed by atoms with van der Waals surface area (Å²) in [5.74, 6) is 0.171. The highest BCUT2D eigenvalue weighted by atomic mass is 16.5. The Hall–Kier alpha value is -2.04. The standard InChI is InChI=1S/C15H21NO4/c1-10(9-15(2,3)16-14(18)19)13(17)11-7-5-6-8-12(11)20-4/h5-8,10,16H,9H2,1-4H3,(H,18,19)/t10-/m0/s1. The van der Waals surface area contributed by atoms with E-state index in [9.17, 15) is 9.59 Å². The van der Waals surface area contributed by atoms with Crippen LogP contribution in [0.1, 0.15) is 37.6 Å². The van der Waals surface area contributed by atoms with Crippen molar-refractivity contribution in [3.63, 3.8) is 0 Å². The molecule has 5 heteroatoms. The van der Waals surface area contributed by atoms with Gasteiger partial charge in [-0.2, -0.15) is 0 Å². The summed E-state index contributed by atoms with van der Waals surface area (Å²) in [6, 6.07) is 7.04. The average molecular weight is 279 g/mol. The molecule has 0 fully saturated rings. The first kappa shape index (κ1) is 16.0. The van der Waals surface area contributed by atoms with Gasteiger partial charge < -0.3 is 15.2 Å². The zero-order valence-electron chi connectivity index (χ0n) is 12.3. The number of rotatable bonds is 6. The maximum Gasteiger partial charge on any atom is 0.405 e. The topological polar surface area (TPSA) is 75.6 Å². The van der Waals surface area contributed by atoms with Gasteiger partial charge in [0.15, 0.2) is 5.78 Å². The summed E-state index contributed by atoms with van der Waals surface area (Å²) in [6.45, 7) is 5.31. The maximum absolute atomic E-state index is 12.4. The van der Waals surface area contributed by atoms with Crippen molar-refractivity contribution in [3.05, 3.63) is 29.8 Å². The van der Waals surface area contributed by atoms with Crippen LogP contribution in [0.15, 0.2) is 24.3 Å². The van der Waals surface area contributed by atoms with Crippen molar-refractivity contribution < 1.29 is 19.4 Å². The predicted molar refractivity (Wildman–Crippen MR) is 76.3 cm³/mol. The number of ether oxygens (including phenoxy) is 1. The van der Waals surface area contributed by atoms with Crippen LogP contribution in [0.25, 0.3) is 0 Å². The quantitative estimate of drug-likeness (QED) is 0.785. The van der Waals surface area contributed by atoms with E-state index in [1.54, 1.807) is 45.0 Å². The van der Waals surface area contributed by atoms with Gasteiger partial charge in [0.25, 0.3) is 0 Å². The first-order valence-corrected chi connectivity index (χ1v) is 6.45. The van der Waals surface area contributed by atoms with Crippen LogP contribution < -0.4 is 10.1 Å². The fraction of sp³-hybridized carbons (Fsp3) is 0.467. The second-order valence-electron chi connectivity index (χ2n) is 5.48. The van der Waals surface area contributed by atoms with Gasteiger partial charge in [0.2, 0.25) is 0 Å². The first-order valence-electron chi connectivity index (χ1n) is 6.45. The molecular formula is C15H21NO4. The number of ketones is 1. The molecule has 0 saturated heterocycles. The number of nitrogens with one attached hydrogen (secondary N) is 1. The van der Waals surface area contributed by atoms with Gasteiger partial charge in [-0.1, -0.05) is 19.1 Å². The van der Waals surface area contributed by atoms with Crippen LogP contribution in [0.4, 0.5) is 4.79 Å². The number of methoxy groups -OCH3 is 1. The van der Waals surface area contributed by atoms with Crippen LogP contribution in [0.2, 0.25) is 0 Å². The SMILES string of the molecule is COc1ccccc1C(=O)[C@@H](C)CC(C)(C)NC(=O)O. The van der Waals surface area contributed by atoms with Gasteiger partial charge in [-0.05, 0) is 32.4 Å². The predicted octanol–water partition coefficient (Wildman–Crippen LogP) is 2.95. The van der Waals surface area contributed by atoms with E-state index in [-0.39, 0.29) is 11.7 Å². The molecule has 0 bridgehead atoms. The molecule has 20 heavy (non-hydrogen) atoms. The second-order valence-corrected chi connectivity index (χ2v) is 5.48. The normalized spacial score (nSPS) is 12.6. The van der Waals surface area contributed by atoms with Gasteiger partial charge in [0.05, 0.1) is 12.7 Å². The maximum atomic E-state index is 12.4. The van der Waals surface area contributed by atoms with Crippen LogP contribution in [-0.4, -0.2) is 29.6 Å². The lowest BCUT2D eigenvalue weighted by Gasteiger charge is -2.27. The number of carboxylic acid groups (broad SMARTS) is 1. The van der Waals surface area contributed by atoms with Crippen LogP contribution in [0.5, 0.6) is 5.75 Å². The molecule has 0 saturated carbocycles. The summed E-state index contributed by atoms with van der Waals surface area (Å²) in [7, 11) is 1.52. The van der Waals surface area contributed by atoms with Crippen LogP contribution >= 0.6 is 0 Å². The molecule has 0 radical (unpaired) electrons. The van der Waals surface area contributed by atoms with E-state index in [2.05, 4.69) is 5.32 Å². The lowest BCUT2D eigenvalue weighted by atomic mass is 9.86. The molecule has 1 aromatic carbocycles. The number of Topliss-reactive ketones (excluding diaryl/α,β-unsaturated/α-hetero) is 1. The van der Waals surface area contributed by atoms with E-state index < -0.39 is 11.6 Å². The molecule has 2 N–H and O–H groups in total. The van der Waals surface area contributed by atoms with Crippen molar-refractivity contribution in [1.82, 2.24) is 5.32 Å². The van der Waals surface area contributed by atoms with Crippen molar-refractivity contribution in [2.24, 2.45) is 5.92 Å². The van der Waals surface area contributed by atoms with Gasteiger partial charge in [0.1, 0.15) is 5.75 Å². The zero-order chi connectivity index (χ0) is 15.3. The van der Waals surface area contributed by atoms with Crippen molar-refractivity contribution in [2.75, 3.05) is 7.11 Å². The fourth-order valence-electron chi connectivity index (χ4n) is 2.31. The Bertz CT molecular complexity index is 496. The lowest BCUT2D eigenvalue weighted by Crippen LogP contribution is -2.44. The minimum Gasteiger partial charge on any atom is -0.496 e. The highest BCUT2D eigenvalue weighted by molar-refractivity contribution is 6.00. The van der Waals surface area contributed by atoms with E-state index in [0.717, 1.165) is 0 Å². The molecule has 0 unspecified atom stereocenters. The van der Waals surface area contributed by atoms with Gasteiger partial charge >= 0.3 is 6.09 Å². The zero-order valence-corrected chi connectivity index (χ0v) is 12.3. The number of hydrogen-bond donors (Lipinski definition) is 2. The monoisotopic (exact) mass is 279 g/mol. The molecule has 1 aromatic rings. The summed E-state index contributed by atoms with van der Waals surface area (Å²) in [5, 5.41) is 11.2. The lowest BCUT2D eigenvalue weighted by molar-refractivity contribution is 0.0897. The average Bonchev–Trinajstić information content (AvgIpc) is 2.35. The van der Waals surface area contributed by atoms with Gasteiger partial charge in [-0.25, -0.2) is 4.79 Å². The highest BCUT2D eigenvalue weighted by Crippen LogP contribution is 2.25. The molecule has 5 nitrogen and oxygen atoms in total. The molecule has 0 heterocycles. The van der Waals surface area contributed by atoms with Crippen LogP contribution in [-0.2, 0) is 0 Å². The molecule has 0 aromatic heterocycles. The number of benzene rings is 1. The Morgan fingerprint density at radius 1 is 1.35 bits per heavy atom. The largest absolute Gasteiger partial charge is 0.496 e. The van der Waals surface area contributed by atoms with E-state index >= 15 is 0 Å². The Balaban J connectivity index is 2.84. The summed E-state index contributed by atoms with van der Waals surface area (Å²) in [5.41, 5.74) is -0.142. The molecule has 1 rings (SSSR count). The summed E-state index contributed by atoms with van der Waals surface area (Å²) in [6.07, 6.45) is -0.678. The highest BCUT2D eigenvalue weighted by Gasteiger charge is 2.28. The van der Waals surface area contributed by atoms with Crippen LogP contribution in [0.3, 0.4) is 0 Å². The third-order valence-corrected chi connectivity index (χ3v) is 3.08. The number of carbonyl (C=O) groups is 2. The third kappa shape index (κ3) is 4.26. The molecule has 1 atom stereocenters. The molecule has 110 valence electrons. The number of carbonyl (C=O) groups excluding carboxylic acids is 1. The first-order chi connectivity index (χ1) is 9.26. The molecular weight excluding hydrogens is 258 g/mol. The number of para-hydroxylation sites is 1. The van der Waals surface area contributed by atoms with E-state index in [1.807, 2.05) is 0 Å². The van der Waals surface area contributed by atoms with E-state index in [1.165, 1.54) is 7.11 Å². The molecule has 0 spiro atoms. The summed E-state index contributed by atoms with van der Waals surface area (Å²) in [4.78, 5) is 23.2. The van der Waals surface area contributed by atoms with Crippen molar-refractivity contribution in [2.45, 2.75) is 32.7 Å². The van der Waals surface area contributed by atoms with Crippen LogP contribution in [0, 0.1) is 5.92 Å². The molecule has 0 aliphatic heterocycles. The molecule has 1 amide bonds. The smallest absolute Gasteiger partial charge is 0.405 e. The second kappa shape index (κ2) is 6.41. The van der Waals surface area contributed by atoms with Gasteiger partial charge in [-0.15, -0.1) is 0 Å². The summed E-state index contributed by atoms with van der Waals surface area (Å²) >= 11 is 0. The molecule has 0 aliphatic rings. The minimum atomic E-state index is -1.09. The van der Waals surface area contributed by atoms with Gasteiger partial charge in [0, 0.05) is 11.5 Å². The Kier molecular flexibility index (Phi) is 5.13. The Morgan fingerprint density at radius 2 is 1.95 bits per heavy atom. The van der Waals surface area contributed by atoms with Crippen molar-refractivity contribution in [1.29, 1.82) is 0 Å². The van der Waals surface area contributed by atoms with Crippen molar-refractivity contribution in [3.8, 4) is 5.75 Å². The van der Waals surface area contributed by atoms with Gasteiger partial charge in [-0.3, -0.25) is 4.79 Å². The number of amides is 1. The van der Waals surface area contributed by atoms with E-state index in [0.29, 0.717) is 17.7 Å². The van der Waals surface area contributed by atoms with E-state index in [4.69, 9.17) is 9.84 Å². The molecule has 0 aliphatic carbocycles. The third-order valence-electron chi connectivity index (χ3n) is 3.08. The summed E-state index contributed by atoms with van der Waals surface area (Å²) < 4.78 is 5.18. The minimum absolute atomic E-state index is 0.0530. The van der Waals surface area contributed by atoms with Crippen molar-refractivity contribution >= 4 is 11.9 Å². The Labute approximate surface area is 118 Å². The Morgan fingerprint density at radius 3 is 2.50 bits per heavy atom.